The molecule has 0 bridgehead atoms. The van der Waals surface area contributed by atoms with E-state index in [2.05, 4.69) is 4.98 Å². The molecule has 1 aliphatic carbocycles. The van der Waals surface area contributed by atoms with E-state index in [9.17, 15) is 23.5 Å². The number of likely N-dealkylation sites (tertiary alicyclic amines) is 1. The standard InChI is InChI=1S/C26H24F2N4O4/c1-12-14(16-9-18(28)19(29)10-17(16)27)6-7-15-23(12)32(13-4-5-13)25(33)22-24(15)36-21(30-22)11-31-8-2-3-20(31)26(34)35/h6-7,9-10,13,20H,2-5,8,11,29H2,1H3,(H,34,35). The molecule has 2 aliphatic rings. The molecule has 2 aromatic carbocycles. The number of carbonyl (C=O) groups is 1. The van der Waals surface area contributed by atoms with Crippen molar-refractivity contribution in [3.63, 3.8) is 0 Å². The number of pyridine rings is 1. The molecular weight excluding hydrogens is 470 g/mol. The smallest absolute Gasteiger partial charge is 0.320 e. The Hall–Kier alpha value is -3.79. The van der Waals surface area contributed by atoms with Crippen molar-refractivity contribution in [2.24, 2.45) is 0 Å². The monoisotopic (exact) mass is 494 g/mol. The molecule has 0 amide bonds. The number of nitrogens with two attached hydrogens (primary N) is 1. The summed E-state index contributed by atoms with van der Waals surface area (Å²) in [5, 5.41) is 10.1. The van der Waals surface area contributed by atoms with Crippen molar-refractivity contribution in [1.29, 1.82) is 0 Å². The molecular formula is C26H24F2N4O4. The van der Waals surface area contributed by atoms with Crippen LogP contribution in [0.25, 0.3) is 33.1 Å². The van der Waals surface area contributed by atoms with E-state index < -0.39 is 23.6 Å². The summed E-state index contributed by atoms with van der Waals surface area (Å²) < 4.78 is 36.8. The number of fused-ring (bicyclic) bond motifs is 3. The normalized spacial score (nSPS) is 18.5. The van der Waals surface area contributed by atoms with Crippen molar-refractivity contribution in [3.05, 3.63) is 57.7 Å². The van der Waals surface area contributed by atoms with Gasteiger partial charge in [-0.1, -0.05) is 6.07 Å². The highest BCUT2D eigenvalue weighted by molar-refractivity contribution is 6.04. The van der Waals surface area contributed by atoms with Gasteiger partial charge in [0.25, 0.3) is 5.56 Å². The molecule has 10 heteroatoms. The third-order valence-electron chi connectivity index (χ3n) is 7.28. The highest BCUT2D eigenvalue weighted by atomic mass is 19.1. The van der Waals surface area contributed by atoms with Gasteiger partial charge in [-0.05, 0) is 62.4 Å². The van der Waals surface area contributed by atoms with E-state index in [-0.39, 0.29) is 40.8 Å². The number of oxazole rings is 1. The lowest BCUT2D eigenvalue weighted by Crippen LogP contribution is -2.35. The summed E-state index contributed by atoms with van der Waals surface area (Å²) in [5.74, 6) is -1.99. The Morgan fingerprint density at radius 3 is 2.69 bits per heavy atom. The summed E-state index contributed by atoms with van der Waals surface area (Å²) in [6, 6.07) is 4.81. The van der Waals surface area contributed by atoms with Crippen molar-refractivity contribution in [2.75, 3.05) is 12.3 Å². The third-order valence-corrected chi connectivity index (χ3v) is 7.28. The van der Waals surface area contributed by atoms with Crippen LogP contribution in [0, 0.1) is 18.6 Å². The first kappa shape index (κ1) is 22.7. The van der Waals surface area contributed by atoms with Crippen LogP contribution >= 0.6 is 0 Å². The van der Waals surface area contributed by atoms with Crippen molar-refractivity contribution in [2.45, 2.75) is 51.2 Å². The lowest BCUT2D eigenvalue weighted by molar-refractivity contribution is -0.142. The second kappa shape index (κ2) is 8.12. The summed E-state index contributed by atoms with van der Waals surface area (Å²) in [7, 11) is 0. The zero-order valence-corrected chi connectivity index (χ0v) is 19.6. The number of hydrogen-bond acceptors (Lipinski definition) is 6. The lowest BCUT2D eigenvalue weighted by Gasteiger charge is -2.18. The van der Waals surface area contributed by atoms with Crippen LogP contribution in [-0.2, 0) is 11.3 Å². The van der Waals surface area contributed by atoms with Crippen LogP contribution in [0.5, 0.6) is 0 Å². The topological polar surface area (TPSA) is 115 Å². The highest BCUT2D eigenvalue weighted by Gasteiger charge is 2.33. The number of rotatable bonds is 5. The van der Waals surface area contributed by atoms with Crippen LogP contribution in [0.2, 0.25) is 0 Å². The number of halogens is 2. The van der Waals surface area contributed by atoms with E-state index in [1.54, 1.807) is 28.5 Å². The fraction of sp³-hybridized carbons (Fsp3) is 0.346. The summed E-state index contributed by atoms with van der Waals surface area (Å²) >= 11 is 0. The molecule has 1 atom stereocenters. The number of hydrogen-bond donors (Lipinski definition) is 2. The molecule has 6 rings (SSSR count). The maximum Gasteiger partial charge on any atom is 0.320 e. The zero-order chi connectivity index (χ0) is 25.3. The maximum absolute atomic E-state index is 14.8. The minimum Gasteiger partial charge on any atom is -0.480 e. The molecule has 1 aliphatic heterocycles. The molecule has 0 radical (unpaired) electrons. The highest BCUT2D eigenvalue weighted by Crippen LogP contribution is 2.41. The molecule has 0 spiro atoms. The van der Waals surface area contributed by atoms with Crippen molar-refractivity contribution >= 4 is 33.7 Å². The molecule has 2 fully saturated rings. The van der Waals surface area contributed by atoms with E-state index in [0.29, 0.717) is 40.6 Å². The number of aromatic nitrogens is 2. The van der Waals surface area contributed by atoms with Gasteiger partial charge in [-0.15, -0.1) is 0 Å². The van der Waals surface area contributed by atoms with Gasteiger partial charge in [0.15, 0.2) is 11.1 Å². The Morgan fingerprint density at radius 1 is 1.19 bits per heavy atom. The predicted octanol–water partition coefficient (Wildman–Crippen LogP) is 4.36. The summed E-state index contributed by atoms with van der Waals surface area (Å²) in [6.07, 6.45) is 2.97. The van der Waals surface area contributed by atoms with Gasteiger partial charge in [-0.25, -0.2) is 13.8 Å². The van der Waals surface area contributed by atoms with Gasteiger partial charge in [0, 0.05) is 23.1 Å². The number of carboxylic acids is 1. The van der Waals surface area contributed by atoms with Gasteiger partial charge < -0.3 is 19.8 Å². The van der Waals surface area contributed by atoms with Crippen LogP contribution in [0.3, 0.4) is 0 Å². The minimum absolute atomic E-state index is 0.0125. The number of anilines is 1. The van der Waals surface area contributed by atoms with E-state index in [1.807, 2.05) is 0 Å². The molecule has 186 valence electrons. The fourth-order valence-electron chi connectivity index (χ4n) is 5.38. The molecule has 2 aromatic heterocycles. The fourth-order valence-corrected chi connectivity index (χ4v) is 5.38. The van der Waals surface area contributed by atoms with Crippen molar-refractivity contribution in [3.8, 4) is 11.1 Å². The number of nitrogen functional groups attached to an aromatic ring is 1. The maximum atomic E-state index is 14.8. The third kappa shape index (κ3) is 3.47. The first-order valence-corrected chi connectivity index (χ1v) is 11.9. The average Bonchev–Trinajstić information content (AvgIpc) is 3.39. The van der Waals surface area contributed by atoms with Gasteiger partial charge in [-0.2, -0.15) is 0 Å². The number of aliphatic carboxylic acids is 1. The predicted molar refractivity (Wildman–Crippen MR) is 130 cm³/mol. The molecule has 4 aromatic rings. The first-order valence-electron chi connectivity index (χ1n) is 11.9. The number of benzene rings is 2. The van der Waals surface area contributed by atoms with Crippen molar-refractivity contribution in [1.82, 2.24) is 14.5 Å². The van der Waals surface area contributed by atoms with E-state index in [1.165, 1.54) is 0 Å². The molecule has 3 N–H and O–H groups in total. The first-order chi connectivity index (χ1) is 17.2. The lowest BCUT2D eigenvalue weighted by atomic mass is 9.96. The van der Waals surface area contributed by atoms with Gasteiger partial charge in [-0.3, -0.25) is 14.5 Å². The van der Waals surface area contributed by atoms with E-state index in [4.69, 9.17) is 10.2 Å². The van der Waals surface area contributed by atoms with Crippen LogP contribution < -0.4 is 11.3 Å². The number of aryl methyl sites for hydroxylation is 1. The van der Waals surface area contributed by atoms with Crippen LogP contribution in [0.15, 0.2) is 33.5 Å². The van der Waals surface area contributed by atoms with E-state index >= 15 is 0 Å². The van der Waals surface area contributed by atoms with Crippen LogP contribution in [0.1, 0.15) is 43.2 Å². The zero-order valence-electron chi connectivity index (χ0n) is 19.6. The second-order valence-corrected chi connectivity index (χ2v) is 9.65. The average molecular weight is 494 g/mol. The molecule has 1 saturated heterocycles. The largest absolute Gasteiger partial charge is 0.480 e. The molecule has 36 heavy (non-hydrogen) atoms. The van der Waals surface area contributed by atoms with Gasteiger partial charge in [0.05, 0.1) is 17.7 Å². The quantitative estimate of drug-likeness (QED) is 0.396. The number of carboxylic acid groups (broad SMARTS) is 1. The van der Waals surface area contributed by atoms with Crippen molar-refractivity contribution < 1.29 is 23.1 Å². The molecule has 8 nitrogen and oxygen atoms in total. The Bertz CT molecular complexity index is 1620. The summed E-state index contributed by atoms with van der Waals surface area (Å²) in [6.45, 7) is 2.56. The molecule has 1 unspecified atom stereocenters. The van der Waals surface area contributed by atoms with Crippen LogP contribution in [0.4, 0.5) is 14.5 Å². The SMILES string of the molecule is Cc1c(-c2cc(F)c(N)cc2F)ccc2c3oc(CN4CCCC4C(=O)O)nc3c(=O)n(C3CC3)c12. The Kier molecular flexibility index (Phi) is 5.11. The molecule has 3 heterocycles. The summed E-state index contributed by atoms with van der Waals surface area (Å²) in [5.41, 5.74) is 7.16. The minimum atomic E-state index is -0.889. The van der Waals surface area contributed by atoms with Gasteiger partial charge in [0.2, 0.25) is 5.89 Å². The Balaban J connectivity index is 1.55. The molecule has 1 saturated carbocycles. The van der Waals surface area contributed by atoms with Gasteiger partial charge in [0.1, 0.15) is 17.7 Å². The summed E-state index contributed by atoms with van der Waals surface area (Å²) in [4.78, 5) is 31.4. The second-order valence-electron chi connectivity index (χ2n) is 9.65. The van der Waals surface area contributed by atoms with Crippen LogP contribution in [-0.4, -0.2) is 38.1 Å². The Morgan fingerprint density at radius 2 is 1.97 bits per heavy atom. The van der Waals surface area contributed by atoms with Gasteiger partial charge >= 0.3 is 5.97 Å². The Labute approximate surface area is 203 Å². The number of nitrogens with zero attached hydrogens (tertiary/aromatic N) is 3. The van der Waals surface area contributed by atoms with E-state index in [0.717, 1.165) is 31.4 Å².